The molecule has 0 fully saturated rings. The van der Waals surface area contributed by atoms with E-state index in [1.165, 1.54) is 0 Å². The van der Waals surface area contributed by atoms with E-state index in [-0.39, 0.29) is 5.41 Å². The maximum absolute atomic E-state index is 8.96. The molecule has 0 amide bonds. The van der Waals surface area contributed by atoms with Gasteiger partial charge in [0.1, 0.15) is 5.75 Å². The number of hydrogen-bond donors (Lipinski definition) is 1. The van der Waals surface area contributed by atoms with Crippen LogP contribution in [0.3, 0.4) is 0 Å². The predicted molar refractivity (Wildman–Crippen MR) is 79.3 cm³/mol. The van der Waals surface area contributed by atoms with E-state index < -0.39 is 0 Å². The summed E-state index contributed by atoms with van der Waals surface area (Å²) >= 11 is 0. The largest absolute Gasteiger partial charge is 0.493 e. The molecule has 0 bridgehead atoms. The summed E-state index contributed by atoms with van der Waals surface area (Å²) in [6, 6.07) is 8.05. The molecular weight excluding hydrogens is 252 g/mol. The van der Waals surface area contributed by atoms with Crippen molar-refractivity contribution in [1.29, 1.82) is 5.26 Å². The first kappa shape index (κ1) is 16.0. The second-order valence-electron chi connectivity index (χ2n) is 5.63. The Bertz CT molecular complexity index is 528. The van der Waals surface area contributed by atoms with Crippen molar-refractivity contribution >= 4 is 5.71 Å². The van der Waals surface area contributed by atoms with E-state index in [9.17, 15) is 0 Å². The molecule has 0 aliphatic heterocycles. The van der Waals surface area contributed by atoms with Crippen molar-refractivity contribution < 1.29 is 9.94 Å². The van der Waals surface area contributed by atoms with Gasteiger partial charge in [0, 0.05) is 5.56 Å². The number of benzene rings is 1. The highest BCUT2D eigenvalue weighted by molar-refractivity contribution is 6.00. The van der Waals surface area contributed by atoms with Crippen LogP contribution < -0.4 is 4.74 Å². The zero-order valence-corrected chi connectivity index (χ0v) is 12.6. The summed E-state index contributed by atoms with van der Waals surface area (Å²) < 4.78 is 5.78. The van der Waals surface area contributed by atoms with E-state index in [0.717, 1.165) is 29.7 Å². The summed E-state index contributed by atoms with van der Waals surface area (Å²) in [5.74, 6) is 0.718. The lowest BCUT2D eigenvalue weighted by molar-refractivity contribution is 0.283. The van der Waals surface area contributed by atoms with Crippen LogP contribution in [-0.4, -0.2) is 17.5 Å². The summed E-state index contributed by atoms with van der Waals surface area (Å²) in [7, 11) is 0. The molecule has 0 unspecified atom stereocenters. The van der Waals surface area contributed by atoms with Crippen molar-refractivity contribution in [2.75, 3.05) is 6.61 Å². The Morgan fingerprint density at radius 2 is 2.15 bits per heavy atom. The van der Waals surface area contributed by atoms with Gasteiger partial charge in [-0.25, -0.2) is 0 Å². The van der Waals surface area contributed by atoms with Gasteiger partial charge in [0.05, 0.1) is 23.8 Å². The van der Waals surface area contributed by atoms with Gasteiger partial charge in [0.25, 0.3) is 0 Å². The highest BCUT2D eigenvalue weighted by atomic mass is 16.5. The molecule has 0 radical (unpaired) electrons. The third-order valence-corrected chi connectivity index (χ3v) is 3.18. The summed E-state index contributed by atoms with van der Waals surface area (Å²) in [5.41, 5.74) is 2.09. The minimum absolute atomic E-state index is 0.318. The molecular formula is C16H22N2O2. The Kier molecular flexibility index (Phi) is 5.57. The van der Waals surface area contributed by atoms with Crippen molar-refractivity contribution in [2.45, 2.75) is 40.5 Å². The molecule has 1 rings (SSSR count). The fourth-order valence-corrected chi connectivity index (χ4v) is 1.85. The van der Waals surface area contributed by atoms with Gasteiger partial charge in [-0.05, 0) is 58.2 Å². The molecule has 0 saturated heterocycles. The van der Waals surface area contributed by atoms with Crippen LogP contribution in [-0.2, 0) is 0 Å². The minimum atomic E-state index is -0.318. The average molecular weight is 274 g/mol. The number of nitrogens with zero attached hydrogens (tertiary/aromatic N) is 2. The fraction of sp³-hybridized carbons (Fsp3) is 0.500. The highest BCUT2D eigenvalue weighted by Gasteiger charge is 2.16. The van der Waals surface area contributed by atoms with Crippen LogP contribution in [0.15, 0.2) is 23.4 Å². The number of aryl methyl sites for hydroxylation is 1. The van der Waals surface area contributed by atoms with Crippen LogP contribution in [0.2, 0.25) is 0 Å². The van der Waals surface area contributed by atoms with Crippen molar-refractivity contribution in [3.63, 3.8) is 0 Å². The van der Waals surface area contributed by atoms with Crippen LogP contribution in [0.5, 0.6) is 5.75 Å². The standard InChI is InChI=1S/C16H22N2O2/c1-12-6-7-14(13(2)18-19)15(10-12)20-9-5-8-16(3,4)11-17/h6-7,10,19H,5,8-9H2,1-4H3. The number of nitriles is 1. The molecule has 0 aliphatic rings. The molecule has 0 spiro atoms. The lowest BCUT2D eigenvalue weighted by Crippen LogP contribution is -2.11. The van der Waals surface area contributed by atoms with E-state index in [1.54, 1.807) is 6.92 Å². The van der Waals surface area contributed by atoms with Crippen molar-refractivity contribution in [2.24, 2.45) is 10.6 Å². The highest BCUT2D eigenvalue weighted by Crippen LogP contribution is 2.24. The Labute approximate surface area is 120 Å². The number of oxime groups is 1. The van der Waals surface area contributed by atoms with Gasteiger partial charge in [-0.15, -0.1) is 0 Å². The molecule has 1 N–H and O–H groups in total. The lowest BCUT2D eigenvalue weighted by Gasteiger charge is -2.16. The second kappa shape index (κ2) is 6.95. The van der Waals surface area contributed by atoms with Crippen LogP contribution in [0.25, 0.3) is 0 Å². The molecule has 1 aromatic rings. The molecule has 1 aromatic carbocycles. The van der Waals surface area contributed by atoms with E-state index >= 15 is 0 Å². The molecule has 20 heavy (non-hydrogen) atoms. The van der Waals surface area contributed by atoms with Gasteiger partial charge in [-0.3, -0.25) is 0 Å². The van der Waals surface area contributed by atoms with Gasteiger partial charge in [0.15, 0.2) is 0 Å². The number of ether oxygens (including phenoxy) is 1. The van der Waals surface area contributed by atoms with Crippen molar-refractivity contribution in [3.8, 4) is 11.8 Å². The summed E-state index contributed by atoms with van der Waals surface area (Å²) in [4.78, 5) is 0. The third-order valence-electron chi connectivity index (χ3n) is 3.18. The van der Waals surface area contributed by atoms with Crippen LogP contribution >= 0.6 is 0 Å². The van der Waals surface area contributed by atoms with E-state index in [4.69, 9.17) is 15.2 Å². The van der Waals surface area contributed by atoms with Gasteiger partial charge in [-0.2, -0.15) is 5.26 Å². The van der Waals surface area contributed by atoms with Crippen LogP contribution in [0.1, 0.15) is 44.7 Å². The van der Waals surface area contributed by atoms with Crippen LogP contribution in [0, 0.1) is 23.7 Å². The molecule has 4 heteroatoms. The monoisotopic (exact) mass is 274 g/mol. The summed E-state index contributed by atoms with van der Waals surface area (Å²) in [6.45, 7) is 8.11. The van der Waals surface area contributed by atoms with E-state index in [0.29, 0.717) is 12.3 Å². The first-order valence-corrected chi connectivity index (χ1v) is 6.73. The topological polar surface area (TPSA) is 65.6 Å². The maximum Gasteiger partial charge on any atom is 0.128 e. The van der Waals surface area contributed by atoms with Crippen molar-refractivity contribution in [1.82, 2.24) is 0 Å². The normalized spacial score (nSPS) is 12.1. The van der Waals surface area contributed by atoms with Gasteiger partial charge in [0.2, 0.25) is 0 Å². The fourth-order valence-electron chi connectivity index (χ4n) is 1.85. The lowest BCUT2D eigenvalue weighted by atomic mass is 9.90. The SMILES string of the molecule is CC(=NO)c1ccc(C)cc1OCCCC(C)(C)C#N. The Morgan fingerprint density at radius 3 is 2.75 bits per heavy atom. The van der Waals surface area contributed by atoms with Gasteiger partial charge in [-0.1, -0.05) is 11.2 Å². The first-order valence-electron chi connectivity index (χ1n) is 6.73. The molecule has 108 valence electrons. The first-order chi connectivity index (χ1) is 9.39. The second-order valence-corrected chi connectivity index (χ2v) is 5.63. The zero-order valence-electron chi connectivity index (χ0n) is 12.6. The zero-order chi connectivity index (χ0) is 15.2. The summed E-state index contributed by atoms with van der Waals surface area (Å²) in [6.07, 6.45) is 1.60. The molecule has 0 saturated carbocycles. The minimum Gasteiger partial charge on any atom is -0.493 e. The Hall–Kier alpha value is -2.02. The Morgan fingerprint density at radius 1 is 1.45 bits per heavy atom. The Balaban J connectivity index is 2.69. The summed E-state index contributed by atoms with van der Waals surface area (Å²) in [5, 5.41) is 21.1. The molecule has 0 aliphatic carbocycles. The van der Waals surface area contributed by atoms with Crippen molar-refractivity contribution in [3.05, 3.63) is 29.3 Å². The third kappa shape index (κ3) is 4.58. The predicted octanol–water partition coefficient (Wildman–Crippen LogP) is 3.90. The molecule has 0 heterocycles. The van der Waals surface area contributed by atoms with Gasteiger partial charge >= 0.3 is 0 Å². The van der Waals surface area contributed by atoms with Gasteiger partial charge < -0.3 is 9.94 Å². The van der Waals surface area contributed by atoms with E-state index in [1.807, 2.05) is 39.0 Å². The molecule has 4 nitrogen and oxygen atoms in total. The quantitative estimate of drug-likeness (QED) is 0.370. The number of hydrogen-bond acceptors (Lipinski definition) is 4. The molecule has 0 aromatic heterocycles. The smallest absolute Gasteiger partial charge is 0.128 e. The maximum atomic E-state index is 8.96. The average Bonchev–Trinajstić information content (AvgIpc) is 2.43. The molecule has 0 atom stereocenters. The van der Waals surface area contributed by atoms with E-state index in [2.05, 4.69) is 11.2 Å². The number of rotatable bonds is 6. The van der Waals surface area contributed by atoms with Crippen LogP contribution in [0.4, 0.5) is 0 Å².